The van der Waals surface area contributed by atoms with Crippen LogP contribution in [-0.2, 0) is 0 Å². The molecule has 70 valence electrons. The third-order valence-corrected chi connectivity index (χ3v) is 2.05. The number of rotatable bonds is 1. The Kier molecular flexibility index (Phi) is 2.24. The van der Waals surface area contributed by atoms with Crippen molar-refractivity contribution in [2.45, 2.75) is 0 Å². The third-order valence-electron chi connectivity index (χ3n) is 1.75. The van der Waals surface area contributed by atoms with Crippen LogP contribution in [0.4, 0.5) is 5.82 Å². The van der Waals surface area contributed by atoms with Gasteiger partial charge in [-0.15, -0.1) is 0 Å². The predicted octanol–water partition coefficient (Wildman–Crippen LogP) is 1.78. The molecule has 2 aromatic rings. The summed E-state index contributed by atoms with van der Waals surface area (Å²) in [6.07, 6.45) is 0. The van der Waals surface area contributed by atoms with Gasteiger partial charge >= 0.3 is 0 Å². The lowest BCUT2D eigenvalue weighted by atomic mass is 10.2. The van der Waals surface area contributed by atoms with Crippen molar-refractivity contribution in [2.24, 2.45) is 0 Å². The highest BCUT2D eigenvalue weighted by Gasteiger charge is 2.01. The minimum Gasteiger partial charge on any atom is -0.381 e. The molecule has 0 saturated carbocycles. The van der Waals surface area contributed by atoms with Crippen LogP contribution < -0.4 is 5.73 Å². The summed E-state index contributed by atoms with van der Waals surface area (Å²) in [5.74, 6) is 0.852. The zero-order valence-corrected chi connectivity index (χ0v) is 8.08. The van der Waals surface area contributed by atoms with Crippen LogP contribution in [0, 0.1) is 4.64 Å². The molecule has 1 heterocycles. The number of anilines is 1. The zero-order chi connectivity index (χ0) is 9.97. The van der Waals surface area contributed by atoms with E-state index in [1.165, 1.54) is 0 Å². The van der Waals surface area contributed by atoms with Crippen LogP contribution in [-0.4, -0.2) is 15.2 Å². The number of hydrogen-bond donors (Lipinski definition) is 2. The number of H-pyrrole nitrogens is 1. The molecule has 3 N–H and O–H groups in total. The minimum absolute atomic E-state index is 0.300. The Balaban J connectivity index is 2.54. The van der Waals surface area contributed by atoms with Crippen LogP contribution in [0.1, 0.15) is 0 Å². The number of benzene rings is 1. The topological polar surface area (TPSA) is 67.6 Å². The summed E-state index contributed by atoms with van der Waals surface area (Å²) in [5.41, 5.74) is 6.48. The summed E-state index contributed by atoms with van der Waals surface area (Å²) in [6, 6.07) is 9.57. The van der Waals surface area contributed by atoms with E-state index in [0.717, 1.165) is 5.56 Å². The second-order valence-corrected chi connectivity index (χ2v) is 3.15. The summed E-state index contributed by atoms with van der Waals surface area (Å²) in [5, 5.41) is 6.63. The van der Waals surface area contributed by atoms with Gasteiger partial charge < -0.3 is 5.73 Å². The van der Waals surface area contributed by atoms with Crippen molar-refractivity contribution in [2.75, 3.05) is 5.73 Å². The van der Waals surface area contributed by atoms with Crippen molar-refractivity contribution in [3.8, 4) is 11.4 Å². The molecular formula is C9H8N4S. The molecule has 0 aliphatic heterocycles. The molecule has 5 heteroatoms. The number of nitrogens with two attached hydrogens (primary N) is 1. The van der Waals surface area contributed by atoms with Crippen molar-refractivity contribution in [3.05, 3.63) is 35.0 Å². The highest BCUT2D eigenvalue weighted by Crippen LogP contribution is 2.13. The van der Waals surface area contributed by atoms with Gasteiger partial charge in [-0.1, -0.05) is 42.5 Å². The Bertz CT molecular complexity index is 492. The van der Waals surface area contributed by atoms with Gasteiger partial charge in [0.25, 0.3) is 0 Å². The van der Waals surface area contributed by atoms with Crippen LogP contribution in [0.2, 0.25) is 0 Å². The fraction of sp³-hybridized carbons (Fsp3) is 0. The van der Waals surface area contributed by atoms with Crippen molar-refractivity contribution < 1.29 is 0 Å². The lowest BCUT2D eigenvalue weighted by Crippen LogP contribution is -1.99. The Labute approximate surface area is 85.8 Å². The number of nitrogens with zero attached hydrogens (tertiary/aromatic N) is 2. The first kappa shape index (κ1) is 8.83. The highest BCUT2D eigenvalue weighted by molar-refractivity contribution is 7.71. The number of hydrogen-bond acceptors (Lipinski definition) is 4. The molecule has 0 saturated heterocycles. The van der Waals surface area contributed by atoms with E-state index in [2.05, 4.69) is 15.2 Å². The maximum Gasteiger partial charge on any atom is 0.181 e. The Hall–Kier alpha value is -1.75. The average molecular weight is 204 g/mol. The summed E-state index contributed by atoms with van der Waals surface area (Å²) in [6.45, 7) is 0. The summed E-state index contributed by atoms with van der Waals surface area (Å²) in [4.78, 5) is 4.07. The standard InChI is InChI=1S/C9H8N4S/c10-7-9(14)13-12-8(11-7)6-4-2-1-3-5-6/h1-5H,(H,13,14)(H2,10,11,12). The molecule has 14 heavy (non-hydrogen) atoms. The molecule has 1 aromatic heterocycles. The van der Waals surface area contributed by atoms with E-state index in [1.54, 1.807) is 0 Å². The maximum absolute atomic E-state index is 5.57. The first-order valence-electron chi connectivity index (χ1n) is 4.05. The average Bonchev–Trinajstić information content (AvgIpc) is 2.23. The number of aromatic nitrogens is 3. The van der Waals surface area contributed by atoms with Crippen molar-refractivity contribution in [1.82, 2.24) is 15.2 Å². The quantitative estimate of drug-likeness (QED) is 0.695. The van der Waals surface area contributed by atoms with Gasteiger partial charge in [0.2, 0.25) is 0 Å². The fourth-order valence-corrected chi connectivity index (χ4v) is 1.16. The van der Waals surface area contributed by atoms with Crippen molar-refractivity contribution >= 4 is 18.0 Å². The molecule has 4 nitrogen and oxygen atoms in total. The monoisotopic (exact) mass is 204 g/mol. The van der Waals surface area contributed by atoms with Crippen LogP contribution in [0.25, 0.3) is 11.4 Å². The van der Waals surface area contributed by atoms with Crippen molar-refractivity contribution in [1.29, 1.82) is 0 Å². The van der Waals surface area contributed by atoms with Gasteiger partial charge in [0.1, 0.15) is 0 Å². The van der Waals surface area contributed by atoms with E-state index in [9.17, 15) is 0 Å². The first-order chi connectivity index (χ1) is 6.77. The molecule has 0 amide bonds. The summed E-state index contributed by atoms with van der Waals surface area (Å²) < 4.78 is 0.365. The van der Waals surface area contributed by atoms with Crippen LogP contribution in [0.5, 0.6) is 0 Å². The second kappa shape index (κ2) is 3.55. The van der Waals surface area contributed by atoms with Crippen LogP contribution in [0.15, 0.2) is 30.3 Å². The highest BCUT2D eigenvalue weighted by atomic mass is 32.1. The van der Waals surface area contributed by atoms with Gasteiger partial charge in [0.05, 0.1) is 0 Å². The van der Waals surface area contributed by atoms with E-state index in [4.69, 9.17) is 18.0 Å². The van der Waals surface area contributed by atoms with Gasteiger partial charge in [-0.05, 0) is 0 Å². The van der Waals surface area contributed by atoms with Gasteiger partial charge in [-0.25, -0.2) is 4.98 Å². The van der Waals surface area contributed by atoms with E-state index >= 15 is 0 Å². The molecular weight excluding hydrogens is 196 g/mol. The molecule has 0 bridgehead atoms. The van der Waals surface area contributed by atoms with Crippen molar-refractivity contribution in [3.63, 3.8) is 0 Å². The molecule has 1 aromatic carbocycles. The fourth-order valence-electron chi connectivity index (χ4n) is 1.07. The minimum atomic E-state index is 0.300. The Morgan fingerprint density at radius 3 is 2.57 bits per heavy atom. The molecule has 0 aliphatic rings. The molecule has 0 unspecified atom stereocenters. The molecule has 0 radical (unpaired) electrons. The third kappa shape index (κ3) is 1.62. The largest absolute Gasteiger partial charge is 0.381 e. The lowest BCUT2D eigenvalue weighted by Gasteiger charge is -1.99. The second-order valence-electron chi connectivity index (χ2n) is 2.74. The normalized spacial score (nSPS) is 10.0. The van der Waals surface area contributed by atoms with Gasteiger partial charge in [0.15, 0.2) is 16.3 Å². The molecule has 0 aliphatic carbocycles. The van der Waals surface area contributed by atoms with E-state index in [1.807, 2.05) is 30.3 Å². The van der Waals surface area contributed by atoms with E-state index < -0.39 is 0 Å². The van der Waals surface area contributed by atoms with Gasteiger partial charge in [0, 0.05) is 5.56 Å². The van der Waals surface area contributed by atoms with Crippen LogP contribution >= 0.6 is 12.2 Å². The number of nitrogen functional groups attached to an aromatic ring is 1. The maximum atomic E-state index is 5.57. The zero-order valence-electron chi connectivity index (χ0n) is 7.27. The predicted molar refractivity (Wildman–Crippen MR) is 57.1 cm³/mol. The molecule has 0 atom stereocenters. The summed E-state index contributed by atoms with van der Waals surface area (Å²) >= 11 is 4.86. The molecule has 0 fully saturated rings. The lowest BCUT2D eigenvalue weighted by molar-refractivity contribution is 0.973. The van der Waals surface area contributed by atoms with E-state index in [-0.39, 0.29) is 0 Å². The Morgan fingerprint density at radius 2 is 1.93 bits per heavy atom. The summed E-state index contributed by atoms with van der Waals surface area (Å²) in [7, 11) is 0. The number of nitrogens with one attached hydrogen (secondary N) is 1. The molecule has 2 rings (SSSR count). The molecule has 0 spiro atoms. The smallest absolute Gasteiger partial charge is 0.181 e. The van der Waals surface area contributed by atoms with Crippen LogP contribution in [0.3, 0.4) is 0 Å². The Morgan fingerprint density at radius 1 is 1.21 bits per heavy atom. The SMILES string of the molecule is Nc1nc(-c2ccccc2)n[nH]c1=S. The van der Waals surface area contributed by atoms with Gasteiger partial charge in [-0.2, -0.15) is 5.10 Å². The number of aromatic amines is 1. The van der Waals surface area contributed by atoms with E-state index in [0.29, 0.717) is 16.3 Å². The van der Waals surface area contributed by atoms with Gasteiger partial charge in [-0.3, -0.25) is 5.10 Å². The first-order valence-corrected chi connectivity index (χ1v) is 4.46.